The maximum Gasteiger partial charge on any atom is 0.333 e. The fourth-order valence-corrected chi connectivity index (χ4v) is 1.17. The lowest BCUT2D eigenvalue weighted by atomic mass is 10.4. The molecule has 0 N–H and O–H groups in total. The number of rotatable bonds is 14. The Morgan fingerprint density at radius 3 is 1.59 bits per heavy atom. The summed E-state index contributed by atoms with van der Waals surface area (Å²) in [6.07, 6.45) is 0.371. The zero-order chi connectivity index (χ0) is 16.6. The molecule has 0 rings (SSSR count). The summed E-state index contributed by atoms with van der Waals surface area (Å²) in [6, 6.07) is 0. The van der Waals surface area contributed by atoms with E-state index in [-0.39, 0.29) is 19.2 Å². The van der Waals surface area contributed by atoms with E-state index in [9.17, 15) is 9.59 Å². The molecule has 7 heteroatoms. The Labute approximate surface area is 131 Å². The first-order valence-corrected chi connectivity index (χ1v) is 7.29. The van der Waals surface area contributed by atoms with Crippen LogP contribution >= 0.6 is 0 Å². The molecule has 0 unspecified atom stereocenters. The predicted octanol–water partition coefficient (Wildman–Crippen LogP) is 1.11. The van der Waals surface area contributed by atoms with Gasteiger partial charge in [0, 0.05) is 12.0 Å². The molecule has 128 valence electrons. The van der Waals surface area contributed by atoms with Crippen LogP contribution in [0.3, 0.4) is 0 Å². The Balaban J connectivity index is 3.13. The van der Waals surface area contributed by atoms with Crippen molar-refractivity contribution in [2.45, 2.75) is 20.3 Å². The van der Waals surface area contributed by atoms with Gasteiger partial charge in [0.25, 0.3) is 0 Å². The van der Waals surface area contributed by atoms with Crippen LogP contribution in [-0.4, -0.2) is 64.8 Å². The molecule has 0 saturated carbocycles. The summed E-state index contributed by atoms with van der Waals surface area (Å²) in [7, 11) is 0. The van der Waals surface area contributed by atoms with Crippen LogP contribution in [0.4, 0.5) is 0 Å². The summed E-state index contributed by atoms with van der Waals surface area (Å²) in [5.74, 6) is -0.646. The summed E-state index contributed by atoms with van der Waals surface area (Å²) in [4.78, 5) is 21.9. The molecule has 0 radical (unpaired) electrons. The first-order chi connectivity index (χ1) is 10.6. The number of hydrogen-bond acceptors (Lipinski definition) is 7. The molecule has 0 atom stereocenters. The first-order valence-electron chi connectivity index (χ1n) is 7.29. The molecular weight excluding hydrogens is 292 g/mol. The molecule has 0 saturated heterocycles. The second kappa shape index (κ2) is 14.5. The van der Waals surface area contributed by atoms with Gasteiger partial charge in [-0.05, 0) is 6.92 Å². The van der Waals surface area contributed by atoms with Gasteiger partial charge in [0.05, 0.1) is 39.6 Å². The van der Waals surface area contributed by atoms with Gasteiger partial charge in [0.1, 0.15) is 13.2 Å². The van der Waals surface area contributed by atoms with E-state index >= 15 is 0 Å². The zero-order valence-electron chi connectivity index (χ0n) is 13.4. The minimum Gasteiger partial charge on any atom is -0.463 e. The highest BCUT2D eigenvalue weighted by Gasteiger charge is 2.01. The van der Waals surface area contributed by atoms with Crippen LogP contribution in [0.5, 0.6) is 0 Å². The molecule has 0 spiro atoms. The minimum atomic E-state index is -0.415. The Kier molecular flexibility index (Phi) is 13.5. The average molecular weight is 318 g/mol. The minimum absolute atomic E-state index is 0.200. The molecule has 0 aliphatic heterocycles. The summed E-state index contributed by atoms with van der Waals surface area (Å²) in [5, 5.41) is 0. The van der Waals surface area contributed by atoms with Gasteiger partial charge in [-0.3, -0.25) is 4.79 Å². The molecule has 0 fully saturated rings. The molecule has 0 heterocycles. The lowest BCUT2D eigenvalue weighted by Gasteiger charge is -2.07. The van der Waals surface area contributed by atoms with Crippen molar-refractivity contribution >= 4 is 11.9 Å². The molecule has 0 aliphatic rings. The van der Waals surface area contributed by atoms with Crippen LogP contribution in [0.2, 0.25) is 0 Å². The molecular formula is C15H26O7. The normalized spacial score (nSPS) is 10.3. The van der Waals surface area contributed by atoms with Gasteiger partial charge >= 0.3 is 11.9 Å². The van der Waals surface area contributed by atoms with E-state index in [2.05, 4.69) is 6.58 Å². The topological polar surface area (TPSA) is 80.3 Å². The molecule has 7 nitrogen and oxygen atoms in total. The maximum absolute atomic E-state index is 11.0. The third-order valence-electron chi connectivity index (χ3n) is 2.33. The standard InChI is InChI=1S/C15H26O7/c1-4-14(16)21-11-9-19-7-5-18-6-8-20-10-12-22-15(17)13(2)3/h2,4-12H2,1,3H3. The summed E-state index contributed by atoms with van der Waals surface area (Å²) in [6.45, 7) is 9.66. The van der Waals surface area contributed by atoms with Gasteiger partial charge in [-0.2, -0.15) is 0 Å². The van der Waals surface area contributed by atoms with Crippen molar-refractivity contribution in [1.29, 1.82) is 0 Å². The Hall–Kier alpha value is -1.44. The molecule has 0 amide bonds. The highest BCUT2D eigenvalue weighted by atomic mass is 16.6. The van der Waals surface area contributed by atoms with Crippen molar-refractivity contribution in [2.24, 2.45) is 0 Å². The highest BCUT2D eigenvalue weighted by Crippen LogP contribution is 1.91. The van der Waals surface area contributed by atoms with Crippen LogP contribution in [0.25, 0.3) is 0 Å². The fourth-order valence-electron chi connectivity index (χ4n) is 1.17. The van der Waals surface area contributed by atoms with Crippen molar-refractivity contribution in [3.63, 3.8) is 0 Å². The number of carbonyl (C=O) groups excluding carboxylic acids is 2. The number of carbonyl (C=O) groups is 2. The fraction of sp³-hybridized carbons (Fsp3) is 0.733. The van der Waals surface area contributed by atoms with Gasteiger partial charge in [-0.1, -0.05) is 13.5 Å². The SMILES string of the molecule is C=C(C)C(=O)OCCOCCOCCOCCOC(=O)CC. The van der Waals surface area contributed by atoms with E-state index in [1.807, 2.05) is 0 Å². The number of hydrogen-bond donors (Lipinski definition) is 0. The van der Waals surface area contributed by atoms with Crippen molar-refractivity contribution in [3.8, 4) is 0 Å². The molecule has 0 aromatic rings. The lowest BCUT2D eigenvalue weighted by Crippen LogP contribution is -2.15. The smallest absolute Gasteiger partial charge is 0.333 e. The predicted molar refractivity (Wildman–Crippen MR) is 79.5 cm³/mol. The Bertz CT molecular complexity index is 328. The summed E-state index contributed by atoms with van der Waals surface area (Å²) in [5.41, 5.74) is 0.368. The van der Waals surface area contributed by atoms with Crippen LogP contribution < -0.4 is 0 Å². The molecule has 0 aliphatic carbocycles. The van der Waals surface area contributed by atoms with E-state index in [1.54, 1.807) is 13.8 Å². The first kappa shape index (κ1) is 20.6. The number of esters is 2. The lowest BCUT2D eigenvalue weighted by molar-refractivity contribution is -0.145. The highest BCUT2D eigenvalue weighted by molar-refractivity contribution is 5.86. The van der Waals surface area contributed by atoms with Crippen LogP contribution in [0.15, 0.2) is 12.2 Å². The van der Waals surface area contributed by atoms with Crippen LogP contribution in [-0.2, 0) is 33.3 Å². The average Bonchev–Trinajstić information content (AvgIpc) is 2.51. The van der Waals surface area contributed by atoms with Gasteiger partial charge in [0.2, 0.25) is 0 Å². The third kappa shape index (κ3) is 13.5. The van der Waals surface area contributed by atoms with Gasteiger partial charge in [0.15, 0.2) is 0 Å². The van der Waals surface area contributed by atoms with E-state index < -0.39 is 5.97 Å². The zero-order valence-corrected chi connectivity index (χ0v) is 13.4. The second-order valence-corrected chi connectivity index (χ2v) is 4.33. The van der Waals surface area contributed by atoms with Crippen LogP contribution in [0, 0.1) is 0 Å². The quantitative estimate of drug-likeness (QED) is 0.269. The monoisotopic (exact) mass is 318 g/mol. The van der Waals surface area contributed by atoms with E-state index in [0.29, 0.717) is 51.6 Å². The van der Waals surface area contributed by atoms with Crippen molar-refractivity contribution in [1.82, 2.24) is 0 Å². The van der Waals surface area contributed by atoms with Gasteiger partial charge in [-0.25, -0.2) is 4.79 Å². The summed E-state index contributed by atoms with van der Waals surface area (Å²) < 4.78 is 25.4. The maximum atomic E-state index is 11.0. The molecule has 0 aromatic carbocycles. The summed E-state index contributed by atoms with van der Waals surface area (Å²) >= 11 is 0. The van der Waals surface area contributed by atoms with Crippen molar-refractivity contribution in [2.75, 3.05) is 52.9 Å². The second-order valence-electron chi connectivity index (χ2n) is 4.33. The van der Waals surface area contributed by atoms with E-state index in [4.69, 9.17) is 23.7 Å². The molecule has 0 aromatic heterocycles. The van der Waals surface area contributed by atoms with Gasteiger partial charge in [-0.15, -0.1) is 0 Å². The number of ether oxygens (including phenoxy) is 5. The van der Waals surface area contributed by atoms with E-state index in [1.165, 1.54) is 0 Å². The molecule has 0 bridgehead atoms. The van der Waals surface area contributed by atoms with Crippen molar-refractivity contribution in [3.05, 3.63) is 12.2 Å². The van der Waals surface area contributed by atoms with E-state index in [0.717, 1.165) is 0 Å². The Morgan fingerprint density at radius 1 is 0.773 bits per heavy atom. The largest absolute Gasteiger partial charge is 0.463 e. The molecule has 22 heavy (non-hydrogen) atoms. The van der Waals surface area contributed by atoms with Crippen molar-refractivity contribution < 1.29 is 33.3 Å². The van der Waals surface area contributed by atoms with Crippen LogP contribution in [0.1, 0.15) is 20.3 Å². The van der Waals surface area contributed by atoms with Gasteiger partial charge < -0.3 is 23.7 Å². The third-order valence-corrected chi connectivity index (χ3v) is 2.33. The Morgan fingerprint density at radius 2 is 1.18 bits per heavy atom.